The lowest BCUT2D eigenvalue weighted by molar-refractivity contribution is 0.0426. The van der Waals surface area contributed by atoms with Gasteiger partial charge in [-0.1, -0.05) is 11.6 Å². The Balaban J connectivity index is 1.58. The number of halogens is 3. The number of benzene rings is 1. The minimum Gasteiger partial charge on any atom is -0.338 e. The molecule has 0 unspecified atom stereocenters. The smallest absolute Gasteiger partial charge is 0.253 e. The highest BCUT2D eigenvalue weighted by Crippen LogP contribution is 2.28. The van der Waals surface area contributed by atoms with E-state index in [0.29, 0.717) is 11.4 Å². The average molecular weight is 418 g/mol. The SMILES string of the molecule is BC(B)(NCC1(F)CCN(C(=O)c2ccc(F)c(Cl)c2)CC1)c1ncc(C)cn1. The second-order valence-corrected chi connectivity index (χ2v) is 8.54. The molecular formula is C19H23B2ClF2N4O. The zero-order valence-corrected chi connectivity index (χ0v) is 17.6. The highest BCUT2D eigenvalue weighted by atomic mass is 35.5. The maximum Gasteiger partial charge on any atom is 0.253 e. The van der Waals surface area contributed by atoms with E-state index in [-0.39, 0.29) is 43.4 Å². The maximum atomic E-state index is 15.3. The molecule has 1 saturated heterocycles. The van der Waals surface area contributed by atoms with Crippen molar-refractivity contribution in [1.29, 1.82) is 0 Å². The number of alkyl halides is 1. The van der Waals surface area contributed by atoms with Gasteiger partial charge in [0, 0.05) is 55.8 Å². The standard InChI is InChI=1S/C19H23B2ClF2N4O/c1-12-9-25-17(26-10-12)19(20,21)27-11-18(24)4-6-28(7-5-18)16(29)13-2-3-15(23)14(22)8-13/h2-3,8-10,27H,4-7,11,20-21H2,1H3. The van der Waals surface area contributed by atoms with Crippen molar-refractivity contribution in [3.63, 3.8) is 0 Å². The van der Waals surface area contributed by atoms with Crippen molar-refractivity contribution >= 4 is 33.2 Å². The van der Waals surface area contributed by atoms with Crippen molar-refractivity contribution in [2.24, 2.45) is 0 Å². The summed E-state index contributed by atoms with van der Waals surface area (Å²) in [6.07, 6.45) is 3.91. The number of amides is 1. The van der Waals surface area contributed by atoms with Crippen LogP contribution in [0.2, 0.25) is 5.02 Å². The van der Waals surface area contributed by atoms with Crippen LogP contribution in [0.4, 0.5) is 8.78 Å². The third-order valence-corrected chi connectivity index (χ3v) is 5.59. The fraction of sp³-hybridized carbons (Fsp3) is 0.421. The van der Waals surface area contributed by atoms with Crippen LogP contribution >= 0.6 is 11.6 Å². The summed E-state index contributed by atoms with van der Waals surface area (Å²) in [5.74, 6) is -0.237. The van der Waals surface area contributed by atoms with Crippen LogP contribution in [-0.4, -0.2) is 61.8 Å². The van der Waals surface area contributed by atoms with Crippen molar-refractivity contribution < 1.29 is 13.6 Å². The zero-order valence-electron chi connectivity index (χ0n) is 16.8. The summed E-state index contributed by atoms with van der Waals surface area (Å²) in [7, 11) is 3.83. The molecular weight excluding hydrogens is 395 g/mol. The first-order valence-electron chi connectivity index (χ1n) is 9.57. The van der Waals surface area contributed by atoms with E-state index in [0.717, 1.165) is 11.6 Å². The number of likely N-dealkylation sites (tertiary alicyclic amines) is 1. The van der Waals surface area contributed by atoms with Gasteiger partial charge in [-0.2, -0.15) is 0 Å². The monoisotopic (exact) mass is 418 g/mol. The molecule has 2 aromatic rings. The van der Waals surface area contributed by atoms with E-state index < -0.39 is 16.8 Å². The van der Waals surface area contributed by atoms with E-state index in [2.05, 4.69) is 15.3 Å². The molecule has 1 N–H and O–H groups in total. The molecule has 5 nitrogen and oxygen atoms in total. The van der Waals surface area contributed by atoms with Gasteiger partial charge in [-0.05, 0) is 30.7 Å². The molecule has 0 aliphatic carbocycles. The molecule has 1 fully saturated rings. The average Bonchev–Trinajstić information content (AvgIpc) is 2.69. The molecule has 152 valence electrons. The zero-order chi connectivity index (χ0) is 21.2. The normalized spacial score (nSPS) is 16.6. The number of nitrogens with one attached hydrogen (secondary N) is 1. The predicted octanol–water partition coefficient (Wildman–Crippen LogP) is 1.19. The Morgan fingerprint density at radius 1 is 1.31 bits per heavy atom. The molecule has 1 aliphatic heterocycles. The van der Waals surface area contributed by atoms with Gasteiger partial charge >= 0.3 is 0 Å². The topological polar surface area (TPSA) is 58.1 Å². The van der Waals surface area contributed by atoms with E-state index in [1.54, 1.807) is 17.3 Å². The Labute approximate surface area is 176 Å². The Morgan fingerprint density at radius 2 is 1.93 bits per heavy atom. The number of nitrogens with zero attached hydrogens (tertiary/aromatic N) is 3. The van der Waals surface area contributed by atoms with Crippen LogP contribution in [0.5, 0.6) is 0 Å². The van der Waals surface area contributed by atoms with Gasteiger partial charge in [0.15, 0.2) is 0 Å². The van der Waals surface area contributed by atoms with Gasteiger partial charge in [0.05, 0.1) is 5.02 Å². The third kappa shape index (κ3) is 5.14. The first kappa shape index (κ1) is 21.7. The van der Waals surface area contributed by atoms with Gasteiger partial charge in [0.1, 0.15) is 33.0 Å². The van der Waals surface area contributed by atoms with Gasteiger partial charge in [0.25, 0.3) is 5.91 Å². The van der Waals surface area contributed by atoms with Gasteiger partial charge in [0.2, 0.25) is 0 Å². The van der Waals surface area contributed by atoms with Gasteiger partial charge in [-0.25, -0.2) is 18.7 Å². The molecule has 0 atom stereocenters. The number of aryl methyl sites for hydroxylation is 1. The molecule has 1 aliphatic rings. The summed E-state index contributed by atoms with van der Waals surface area (Å²) in [4.78, 5) is 22.8. The fourth-order valence-electron chi connectivity index (χ4n) is 3.27. The van der Waals surface area contributed by atoms with Gasteiger partial charge in [-0.15, -0.1) is 0 Å². The van der Waals surface area contributed by atoms with Crippen molar-refractivity contribution in [1.82, 2.24) is 20.2 Å². The van der Waals surface area contributed by atoms with Crippen LogP contribution < -0.4 is 5.32 Å². The summed E-state index contributed by atoms with van der Waals surface area (Å²) in [6, 6.07) is 3.87. The number of carbonyl (C=O) groups excluding carboxylic acids is 1. The minimum absolute atomic E-state index is 0.0996. The van der Waals surface area contributed by atoms with E-state index in [1.165, 1.54) is 12.1 Å². The van der Waals surface area contributed by atoms with Crippen molar-refractivity contribution in [2.45, 2.75) is 30.8 Å². The van der Waals surface area contributed by atoms with Crippen LogP contribution in [0.25, 0.3) is 0 Å². The van der Waals surface area contributed by atoms with Crippen LogP contribution in [-0.2, 0) is 5.34 Å². The van der Waals surface area contributed by atoms with E-state index in [1.807, 2.05) is 22.6 Å². The molecule has 29 heavy (non-hydrogen) atoms. The lowest BCUT2D eigenvalue weighted by Gasteiger charge is -2.38. The number of aromatic nitrogens is 2. The minimum atomic E-state index is -1.43. The van der Waals surface area contributed by atoms with Crippen molar-refractivity contribution in [2.75, 3.05) is 19.6 Å². The van der Waals surface area contributed by atoms with Crippen molar-refractivity contribution in [3.05, 3.63) is 58.4 Å². The van der Waals surface area contributed by atoms with E-state index in [9.17, 15) is 9.18 Å². The van der Waals surface area contributed by atoms with Crippen LogP contribution in [0, 0.1) is 12.7 Å². The van der Waals surface area contributed by atoms with E-state index >= 15 is 4.39 Å². The van der Waals surface area contributed by atoms with Crippen LogP contribution in [0.1, 0.15) is 34.6 Å². The molecule has 10 heteroatoms. The highest BCUT2D eigenvalue weighted by molar-refractivity contribution is 6.39. The number of hydrogen-bond acceptors (Lipinski definition) is 4. The molecule has 0 bridgehead atoms. The molecule has 1 aromatic carbocycles. The molecule has 0 saturated carbocycles. The molecule has 1 aromatic heterocycles. The predicted molar refractivity (Wildman–Crippen MR) is 114 cm³/mol. The first-order valence-corrected chi connectivity index (χ1v) is 9.95. The Bertz CT molecular complexity index is 890. The summed E-state index contributed by atoms with van der Waals surface area (Å²) < 4.78 is 28.6. The summed E-state index contributed by atoms with van der Waals surface area (Å²) in [5.41, 5.74) is -0.163. The Hall–Kier alpha value is -1.99. The summed E-state index contributed by atoms with van der Waals surface area (Å²) in [6.45, 7) is 2.62. The first-order chi connectivity index (χ1) is 13.6. The quantitative estimate of drug-likeness (QED) is 0.742. The number of piperidine rings is 1. The summed E-state index contributed by atoms with van der Waals surface area (Å²) in [5, 5.41) is 2.55. The summed E-state index contributed by atoms with van der Waals surface area (Å²) >= 11 is 5.76. The fourth-order valence-corrected chi connectivity index (χ4v) is 3.45. The Morgan fingerprint density at radius 3 is 2.52 bits per heavy atom. The van der Waals surface area contributed by atoms with Gasteiger partial charge < -0.3 is 10.2 Å². The largest absolute Gasteiger partial charge is 0.338 e. The molecule has 3 rings (SSSR count). The molecule has 0 spiro atoms. The maximum absolute atomic E-state index is 15.3. The second kappa shape index (κ2) is 8.40. The molecule has 0 radical (unpaired) electrons. The lowest BCUT2D eigenvalue weighted by atomic mass is 9.61. The highest BCUT2D eigenvalue weighted by Gasteiger charge is 2.38. The van der Waals surface area contributed by atoms with Crippen molar-refractivity contribution in [3.8, 4) is 0 Å². The lowest BCUT2D eigenvalue weighted by Crippen LogP contribution is -2.54. The van der Waals surface area contributed by atoms with Crippen LogP contribution in [0.3, 0.4) is 0 Å². The number of hydrogen-bond donors (Lipinski definition) is 1. The number of carbonyl (C=O) groups is 1. The van der Waals surface area contributed by atoms with E-state index in [4.69, 9.17) is 11.6 Å². The Kier molecular flexibility index (Phi) is 6.29. The van der Waals surface area contributed by atoms with Gasteiger partial charge in [-0.3, -0.25) is 4.79 Å². The second-order valence-electron chi connectivity index (χ2n) is 8.13. The molecule has 2 heterocycles. The molecule has 1 amide bonds. The van der Waals surface area contributed by atoms with Crippen LogP contribution in [0.15, 0.2) is 30.6 Å². The third-order valence-electron chi connectivity index (χ3n) is 5.30. The number of rotatable bonds is 5.